The molecule has 1 amide bonds. The molecule has 1 fully saturated rings. The molecule has 0 radical (unpaired) electrons. The number of carboxylic acids is 1. The number of hydrogen-bond donors (Lipinski definition) is 2. The fourth-order valence-electron chi connectivity index (χ4n) is 3.95. The van der Waals surface area contributed by atoms with E-state index in [1.807, 2.05) is 12.2 Å². The van der Waals surface area contributed by atoms with Gasteiger partial charge in [-0.25, -0.2) is 4.79 Å². The van der Waals surface area contributed by atoms with Gasteiger partial charge in [-0.1, -0.05) is 12.2 Å². The Hall–Kier alpha value is -2.83. The summed E-state index contributed by atoms with van der Waals surface area (Å²) in [4.78, 5) is 35.7. The van der Waals surface area contributed by atoms with Gasteiger partial charge in [0.2, 0.25) is 5.91 Å². The number of oxazole rings is 1. The molecule has 7 heteroatoms. The van der Waals surface area contributed by atoms with Crippen molar-refractivity contribution >= 4 is 28.7 Å². The number of aliphatic carboxylic acids is 1. The standard InChI is InChI=1S/C17H16N2O5/c1-19-11-7-10(4-5-12(11)24-17(19)23)18-15(20)13-8-2-3-9(6-8)14(13)16(21)22/h2-5,7-9,13-14H,6H2,1H3,(H,18,20)(H,21,22). The monoisotopic (exact) mass is 328 g/mol. The van der Waals surface area contributed by atoms with Crippen molar-refractivity contribution in [3.05, 3.63) is 40.9 Å². The summed E-state index contributed by atoms with van der Waals surface area (Å²) in [6, 6.07) is 4.90. The van der Waals surface area contributed by atoms with Crippen LogP contribution in [-0.4, -0.2) is 21.6 Å². The Morgan fingerprint density at radius 1 is 1.25 bits per heavy atom. The van der Waals surface area contributed by atoms with Gasteiger partial charge in [0, 0.05) is 12.7 Å². The van der Waals surface area contributed by atoms with Crippen molar-refractivity contribution < 1.29 is 19.1 Å². The van der Waals surface area contributed by atoms with Gasteiger partial charge >= 0.3 is 11.7 Å². The molecular weight excluding hydrogens is 312 g/mol. The fourth-order valence-corrected chi connectivity index (χ4v) is 3.95. The maximum Gasteiger partial charge on any atom is 0.419 e. The van der Waals surface area contributed by atoms with E-state index >= 15 is 0 Å². The van der Waals surface area contributed by atoms with E-state index in [1.165, 1.54) is 4.57 Å². The minimum absolute atomic E-state index is 0.0295. The number of carbonyl (C=O) groups excluding carboxylic acids is 1. The number of aromatic nitrogens is 1. The van der Waals surface area contributed by atoms with Crippen molar-refractivity contribution in [1.29, 1.82) is 0 Å². The molecular formula is C17H16N2O5. The van der Waals surface area contributed by atoms with Gasteiger partial charge < -0.3 is 14.8 Å². The van der Waals surface area contributed by atoms with Crippen molar-refractivity contribution in [1.82, 2.24) is 4.57 Å². The number of fused-ring (bicyclic) bond motifs is 3. The first-order chi connectivity index (χ1) is 11.5. The first kappa shape index (κ1) is 14.7. The van der Waals surface area contributed by atoms with Crippen molar-refractivity contribution in [3.8, 4) is 0 Å². The third-order valence-electron chi connectivity index (χ3n) is 5.11. The number of carbonyl (C=O) groups is 2. The fraction of sp³-hybridized carbons (Fsp3) is 0.353. The lowest BCUT2D eigenvalue weighted by molar-refractivity contribution is -0.146. The SMILES string of the molecule is Cn1c(=O)oc2ccc(NC(=O)C3C4C=CC(C4)C3C(=O)O)cc21. The molecule has 2 aromatic rings. The Morgan fingerprint density at radius 3 is 2.67 bits per heavy atom. The van der Waals surface area contributed by atoms with Gasteiger partial charge in [-0.05, 0) is 36.5 Å². The Labute approximate surface area is 136 Å². The summed E-state index contributed by atoms with van der Waals surface area (Å²) in [6.45, 7) is 0. The molecule has 1 heterocycles. The highest BCUT2D eigenvalue weighted by molar-refractivity contribution is 5.97. The minimum atomic E-state index is -0.931. The molecule has 7 nitrogen and oxygen atoms in total. The predicted octanol–water partition coefficient (Wildman–Crippen LogP) is 1.59. The highest BCUT2D eigenvalue weighted by Crippen LogP contribution is 2.48. The smallest absolute Gasteiger partial charge is 0.419 e. The summed E-state index contributed by atoms with van der Waals surface area (Å²) >= 11 is 0. The van der Waals surface area contributed by atoms with Crippen molar-refractivity contribution in [2.45, 2.75) is 6.42 Å². The summed E-state index contributed by atoms with van der Waals surface area (Å²) in [7, 11) is 1.58. The summed E-state index contributed by atoms with van der Waals surface area (Å²) in [6.07, 6.45) is 4.56. The van der Waals surface area contributed by atoms with Gasteiger partial charge in [-0.3, -0.25) is 14.2 Å². The molecule has 4 rings (SSSR count). The van der Waals surface area contributed by atoms with Crippen LogP contribution in [0.3, 0.4) is 0 Å². The maximum atomic E-state index is 12.6. The number of nitrogens with one attached hydrogen (secondary N) is 1. The Bertz CT molecular complexity index is 938. The van der Waals surface area contributed by atoms with Gasteiger partial charge in [0.05, 0.1) is 17.4 Å². The zero-order valence-electron chi connectivity index (χ0n) is 12.9. The summed E-state index contributed by atoms with van der Waals surface area (Å²) in [5, 5.41) is 12.2. The van der Waals surface area contributed by atoms with Gasteiger partial charge in [-0.2, -0.15) is 0 Å². The number of carboxylic acid groups (broad SMARTS) is 1. The topological polar surface area (TPSA) is 102 Å². The van der Waals surface area contributed by atoms with Crippen LogP contribution in [-0.2, 0) is 16.6 Å². The molecule has 4 unspecified atom stereocenters. The Kier molecular flexibility index (Phi) is 3.13. The van der Waals surface area contributed by atoms with Crippen molar-refractivity contribution in [3.63, 3.8) is 0 Å². The van der Waals surface area contributed by atoms with Crippen LogP contribution in [0.5, 0.6) is 0 Å². The van der Waals surface area contributed by atoms with E-state index in [2.05, 4.69) is 5.32 Å². The number of anilines is 1. The van der Waals surface area contributed by atoms with E-state index in [0.717, 1.165) is 0 Å². The second-order valence-electron chi connectivity index (χ2n) is 6.44. The second-order valence-corrected chi connectivity index (χ2v) is 6.44. The highest BCUT2D eigenvalue weighted by Gasteiger charge is 2.51. The van der Waals surface area contributed by atoms with Crippen molar-refractivity contribution in [2.75, 3.05) is 5.32 Å². The third-order valence-corrected chi connectivity index (χ3v) is 5.11. The van der Waals surface area contributed by atoms with Crippen LogP contribution in [0, 0.1) is 23.7 Å². The van der Waals surface area contributed by atoms with Crippen molar-refractivity contribution in [2.24, 2.45) is 30.7 Å². The largest absolute Gasteiger partial charge is 0.481 e. The van der Waals surface area contributed by atoms with E-state index in [0.29, 0.717) is 23.2 Å². The normalized spacial score (nSPS) is 27.7. The van der Waals surface area contributed by atoms with Gasteiger partial charge in [0.25, 0.3) is 0 Å². The lowest BCUT2D eigenvalue weighted by atomic mass is 9.82. The molecule has 124 valence electrons. The van der Waals surface area contributed by atoms with Gasteiger partial charge in [0.1, 0.15) is 0 Å². The van der Waals surface area contributed by atoms with Crippen LogP contribution in [0.25, 0.3) is 11.1 Å². The molecule has 2 aliphatic carbocycles. The van der Waals surface area contributed by atoms with E-state index in [4.69, 9.17) is 4.42 Å². The molecule has 24 heavy (non-hydrogen) atoms. The molecule has 1 aromatic heterocycles. The zero-order chi connectivity index (χ0) is 17.0. The van der Waals surface area contributed by atoms with Gasteiger partial charge in [0.15, 0.2) is 5.58 Å². The molecule has 2 N–H and O–H groups in total. The Balaban J connectivity index is 1.62. The second kappa shape index (κ2) is 5.09. The van der Waals surface area contributed by atoms with Crippen LogP contribution in [0.2, 0.25) is 0 Å². The number of amides is 1. The number of hydrogen-bond acceptors (Lipinski definition) is 4. The number of aryl methyl sites for hydroxylation is 1. The maximum absolute atomic E-state index is 12.6. The first-order valence-electron chi connectivity index (χ1n) is 7.77. The third kappa shape index (κ3) is 2.08. The molecule has 0 aliphatic heterocycles. The van der Waals surface area contributed by atoms with Gasteiger partial charge in [-0.15, -0.1) is 0 Å². The average molecular weight is 328 g/mol. The molecule has 2 bridgehead atoms. The number of rotatable bonds is 3. The number of allylic oxidation sites excluding steroid dienone is 2. The van der Waals surface area contributed by atoms with E-state index in [-0.39, 0.29) is 17.7 Å². The first-order valence-corrected chi connectivity index (χ1v) is 7.77. The lowest BCUT2D eigenvalue weighted by Gasteiger charge is -2.23. The predicted molar refractivity (Wildman–Crippen MR) is 85.4 cm³/mol. The summed E-state index contributed by atoms with van der Waals surface area (Å²) in [5.41, 5.74) is 1.52. The zero-order valence-corrected chi connectivity index (χ0v) is 12.9. The minimum Gasteiger partial charge on any atom is -0.481 e. The number of nitrogens with zero attached hydrogens (tertiary/aromatic N) is 1. The Morgan fingerprint density at radius 2 is 1.96 bits per heavy atom. The van der Waals surface area contributed by atoms with E-state index < -0.39 is 23.6 Å². The molecule has 0 spiro atoms. The molecule has 4 atom stereocenters. The molecule has 2 aliphatic rings. The van der Waals surface area contributed by atoms with Crippen LogP contribution < -0.4 is 11.1 Å². The highest BCUT2D eigenvalue weighted by atomic mass is 16.4. The quantitative estimate of drug-likeness (QED) is 0.833. The van der Waals surface area contributed by atoms with Crippen LogP contribution in [0.4, 0.5) is 5.69 Å². The van der Waals surface area contributed by atoms with E-state index in [1.54, 1.807) is 25.2 Å². The van der Waals surface area contributed by atoms with Crippen LogP contribution >= 0.6 is 0 Å². The van der Waals surface area contributed by atoms with E-state index in [9.17, 15) is 19.5 Å². The summed E-state index contributed by atoms with van der Waals surface area (Å²) in [5.74, 6) is -3.05. The summed E-state index contributed by atoms with van der Waals surface area (Å²) < 4.78 is 6.41. The average Bonchev–Trinajstić information content (AvgIpc) is 3.22. The molecule has 0 saturated heterocycles. The van der Waals surface area contributed by atoms with Crippen LogP contribution in [0.1, 0.15) is 6.42 Å². The molecule has 1 aromatic carbocycles. The van der Waals surface area contributed by atoms with Crippen LogP contribution in [0.15, 0.2) is 39.6 Å². The number of benzene rings is 1. The lowest BCUT2D eigenvalue weighted by Crippen LogP contribution is -2.36. The molecule has 1 saturated carbocycles.